The van der Waals surface area contributed by atoms with E-state index >= 15 is 0 Å². The first kappa shape index (κ1) is 16.4. The van der Waals surface area contributed by atoms with Crippen molar-refractivity contribution in [3.05, 3.63) is 60.3 Å². The number of nitrogens with zero attached hydrogens (tertiary/aromatic N) is 3. The summed E-state index contributed by atoms with van der Waals surface area (Å²) in [5.41, 5.74) is 3.09. The van der Waals surface area contributed by atoms with E-state index in [1.165, 1.54) is 29.8 Å². The number of imidazole rings is 1. The van der Waals surface area contributed by atoms with E-state index in [1.807, 2.05) is 0 Å². The number of hydroxylamine groups is 1. The molecule has 8 nitrogen and oxygen atoms in total. The average Bonchev–Trinajstić information content (AvgIpc) is 3.33. The quantitative estimate of drug-likeness (QED) is 0.869. The molecule has 0 saturated carbocycles. The molecule has 9 heteroatoms. The normalized spacial score (nSPS) is 19.9. The van der Waals surface area contributed by atoms with Crippen LogP contribution in [0, 0.1) is 11.7 Å². The van der Waals surface area contributed by atoms with E-state index in [2.05, 4.69) is 15.6 Å². The number of hydrazine groups is 1. The van der Waals surface area contributed by atoms with Gasteiger partial charge in [-0.3, -0.25) is 4.79 Å². The second-order valence-corrected chi connectivity index (χ2v) is 6.15. The maximum absolute atomic E-state index is 13.2. The second kappa shape index (κ2) is 7.04. The summed E-state index contributed by atoms with van der Waals surface area (Å²) in [6.07, 6.45) is 6.44. The number of piperidine rings is 1. The fraction of sp³-hybridized carbons (Fsp3) is 0.294. The number of carbonyl (C=O) groups excluding carboxylic acids is 1. The van der Waals surface area contributed by atoms with Crippen LogP contribution < -0.4 is 10.4 Å². The van der Waals surface area contributed by atoms with Gasteiger partial charge in [0.1, 0.15) is 17.7 Å². The number of hydrogen-bond donors (Lipinski definition) is 2. The maximum atomic E-state index is 13.2. The van der Waals surface area contributed by atoms with Crippen LogP contribution in [-0.4, -0.2) is 39.0 Å². The van der Waals surface area contributed by atoms with Crippen molar-refractivity contribution in [3.8, 4) is 5.75 Å². The lowest BCUT2D eigenvalue weighted by Gasteiger charge is -2.31. The van der Waals surface area contributed by atoms with Crippen molar-refractivity contribution in [3.63, 3.8) is 0 Å². The first-order valence-corrected chi connectivity index (χ1v) is 8.33. The number of hydrogen-bond acceptors (Lipinski definition) is 6. The predicted octanol–water partition coefficient (Wildman–Crippen LogP) is 1.99. The third-order valence-electron chi connectivity index (χ3n) is 4.34. The van der Waals surface area contributed by atoms with Gasteiger partial charge in [0.15, 0.2) is 11.5 Å². The van der Waals surface area contributed by atoms with Gasteiger partial charge >= 0.3 is 0 Å². The molecule has 1 aromatic heterocycles. The molecule has 4 rings (SSSR count). The molecule has 1 amide bonds. The lowest BCUT2D eigenvalue weighted by atomic mass is 9.96. The molecule has 2 aliphatic rings. The van der Waals surface area contributed by atoms with Gasteiger partial charge in [-0.15, -0.1) is 5.17 Å². The Labute approximate surface area is 149 Å². The fourth-order valence-electron chi connectivity index (χ4n) is 3.07. The number of aromatic nitrogens is 2. The van der Waals surface area contributed by atoms with Crippen LogP contribution in [0.5, 0.6) is 5.75 Å². The van der Waals surface area contributed by atoms with E-state index in [9.17, 15) is 9.18 Å². The van der Waals surface area contributed by atoms with Crippen molar-refractivity contribution in [1.29, 1.82) is 0 Å². The van der Waals surface area contributed by atoms with Crippen molar-refractivity contribution < 1.29 is 18.9 Å². The van der Waals surface area contributed by atoms with Gasteiger partial charge < -0.3 is 19.6 Å². The van der Waals surface area contributed by atoms with Gasteiger partial charge in [-0.05, 0) is 30.6 Å². The third kappa shape index (κ3) is 3.47. The highest BCUT2D eigenvalue weighted by molar-refractivity contribution is 5.92. The summed E-state index contributed by atoms with van der Waals surface area (Å²) in [5.74, 6) is 0.602. The maximum Gasteiger partial charge on any atom is 0.271 e. The Morgan fingerprint density at radius 1 is 1.42 bits per heavy atom. The van der Waals surface area contributed by atoms with Crippen molar-refractivity contribution >= 4 is 5.91 Å². The first-order valence-electron chi connectivity index (χ1n) is 8.33. The molecule has 0 spiro atoms. The molecule has 1 atom stereocenters. The Bertz CT molecular complexity index is 810. The van der Waals surface area contributed by atoms with Crippen molar-refractivity contribution in [2.75, 3.05) is 13.1 Å². The van der Waals surface area contributed by atoms with Crippen LogP contribution in [0.2, 0.25) is 0 Å². The molecule has 136 valence electrons. The van der Waals surface area contributed by atoms with Gasteiger partial charge in [-0.2, -0.15) is 0 Å². The van der Waals surface area contributed by atoms with Gasteiger partial charge in [0.25, 0.3) is 5.91 Å². The number of carbonyl (C=O) groups is 1. The number of nitrogens with one attached hydrogen (secondary N) is 2. The molecule has 1 fully saturated rings. The predicted molar refractivity (Wildman–Crippen MR) is 88.4 cm³/mol. The van der Waals surface area contributed by atoms with Crippen molar-refractivity contribution in [2.45, 2.75) is 12.8 Å². The summed E-state index contributed by atoms with van der Waals surface area (Å²) < 4.78 is 13.2. The zero-order chi connectivity index (χ0) is 17.9. The van der Waals surface area contributed by atoms with E-state index in [-0.39, 0.29) is 17.6 Å². The van der Waals surface area contributed by atoms with E-state index in [0.717, 1.165) is 12.8 Å². The molecule has 0 unspecified atom stereocenters. The molecule has 2 aromatic rings. The Kier molecular flexibility index (Phi) is 4.44. The Hall–Kier alpha value is -3.07. The zero-order valence-corrected chi connectivity index (χ0v) is 13.9. The SMILES string of the molecule is O=C(c1cnc[nH]1)N1CCC[C@H](C2=CN(Oc3cccc(F)c3)NO2)C1. The topological polar surface area (TPSA) is 82.7 Å². The van der Waals surface area contributed by atoms with Crippen LogP contribution in [0.4, 0.5) is 4.39 Å². The van der Waals surface area contributed by atoms with E-state index in [0.29, 0.717) is 30.3 Å². The molecule has 1 aromatic carbocycles. The number of H-pyrrole nitrogens is 1. The van der Waals surface area contributed by atoms with Crippen LogP contribution in [0.3, 0.4) is 0 Å². The van der Waals surface area contributed by atoms with Gasteiger partial charge in [0, 0.05) is 25.1 Å². The summed E-state index contributed by atoms with van der Waals surface area (Å²) in [6, 6.07) is 5.82. The second-order valence-electron chi connectivity index (χ2n) is 6.15. The summed E-state index contributed by atoms with van der Waals surface area (Å²) in [7, 11) is 0. The number of likely N-dealkylation sites (tertiary alicyclic amines) is 1. The minimum absolute atomic E-state index is 0.0456. The third-order valence-corrected chi connectivity index (χ3v) is 4.34. The van der Waals surface area contributed by atoms with Gasteiger partial charge in [0.05, 0.1) is 12.5 Å². The summed E-state index contributed by atoms with van der Waals surface area (Å²) in [4.78, 5) is 32.0. The molecule has 1 saturated heterocycles. The summed E-state index contributed by atoms with van der Waals surface area (Å²) in [6.45, 7) is 1.23. The van der Waals surface area contributed by atoms with E-state index in [4.69, 9.17) is 9.68 Å². The largest absolute Gasteiger partial charge is 0.389 e. The zero-order valence-electron chi connectivity index (χ0n) is 13.9. The molecular weight excluding hydrogens is 341 g/mol. The van der Waals surface area contributed by atoms with Gasteiger partial charge in [-0.25, -0.2) is 9.37 Å². The first-order chi connectivity index (χ1) is 12.7. The molecule has 0 bridgehead atoms. The highest BCUT2D eigenvalue weighted by atomic mass is 19.1. The molecule has 0 aliphatic carbocycles. The summed E-state index contributed by atoms with van der Waals surface area (Å²) in [5, 5.41) is 1.28. The van der Waals surface area contributed by atoms with Crippen LogP contribution in [0.1, 0.15) is 23.3 Å². The summed E-state index contributed by atoms with van der Waals surface area (Å²) >= 11 is 0. The fourth-order valence-corrected chi connectivity index (χ4v) is 3.07. The van der Waals surface area contributed by atoms with Gasteiger partial charge in [-0.1, -0.05) is 6.07 Å². The van der Waals surface area contributed by atoms with Crippen molar-refractivity contribution in [1.82, 2.24) is 25.6 Å². The lowest BCUT2D eigenvalue weighted by Crippen LogP contribution is -2.40. The van der Waals surface area contributed by atoms with Crippen LogP contribution in [-0.2, 0) is 4.84 Å². The standard InChI is InChI=1S/C17H18FN5O3/c18-13-4-1-5-14(7-13)26-23-10-16(25-21-23)12-3-2-6-22(9-12)17(24)15-8-19-11-20-15/h1,4-5,7-8,10-12,21H,2-3,6,9H2,(H,19,20)/t12-/m0/s1. The minimum atomic E-state index is -0.382. The molecule has 26 heavy (non-hydrogen) atoms. The van der Waals surface area contributed by atoms with Crippen molar-refractivity contribution in [2.24, 2.45) is 5.92 Å². The highest BCUT2D eigenvalue weighted by Gasteiger charge is 2.31. The lowest BCUT2D eigenvalue weighted by molar-refractivity contribution is -0.139. The van der Waals surface area contributed by atoms with E-state index < -0.39 is 0 Å². The number of aromatic amines is 1. The minimum Gasteiger partial charge on any atom is -0.389 e. The smallest absolute Gasteiger partial charge is 0.271 e. The average molecular weight is 359 g/mol. The van der Waals surface area contributed by atoms with Crippen LogP contribution in [0.15, 0.2) is 48.7 Å². The van der Waals surface area contributed by atoms with Crippen LogP contribution >= 0.6 is 0 Å². The van der Waals surface area contributed by atoms with Crippen LogP contribution in [0.25, 0.3) is 0 Å². The molecule has 2 N–H and O–H groups in total. The molecule has 0 radical (unpaired) electrons. The molecular formula is C17H18FN5O3. The van der Waals surface area contributed by atoms with E-state index in [1.54, 1.807) is 23.2 Å². The Balaban J connectivity index is 1.40. The Morgan fingerprint density at radius 3 is 3.15 bits per heavy atom. The number of amides is 1. The van der Waals surface area contributed by atoms with Gasteiger partial charge in [0.2, 0.25) is 0 Å². The monoisotopic (exact) mass is 359 g/mol. The number of halogens is 1. The molecule has 2 aliphatic heterocycles. The number of benzene rings is 1. The molecule has 3 heterocycles. The number of rotatable bonds is 4. The Morgan fingerprint density at radius 2 is 2.35 bits per heavy atom. The highest BCUT2D eigenvalue weighted by Crippen LogP contribution is 2.27.